The first-order valence-electron chi connectivity index (χ1n) is 11.4. The number of furan rings is 1. The zero-order valence-corrected chi connectivity index (χ0v) is 19.7. The molecule has 8 heteroatoms. The van der Waals surface area contributed by atoms with Crippen LogP contribution in [0.25, 0.3) is 0 Å². The zero-order chi connectivity index (χ0) is 23.1. The molecule has 0 aliphatic heterocycles. The van der Waals surface area contributed by atoms with Gasteiger partial charge in [-0.1, -0.05) is 31.9 Å². The zero-order valence-electron chi connectivity index (χ0n) is 18.9. The van der Waals surface area contributed by atoms with Crippen molar-refractivity contribution >= 4 is 21.7 Å². The monoisotopic (exact) mass is 460 g/mol. The first kappa shape index (κ1) is 22.9. The Morgan fingerprint density at radius 3 is 2.56 bits per heavy atom. The standard InChI is InChI=1S/C24H32N2O5S/c1-15(16-7-4-5-8-16)19-12-11-17-9-6-10-20(17)22(19)25-23(27)26-32(29,30)21-13-18(14-31-21)24(2,3)28/h11-16,28H,4-10H2,1-3H3,(H2,25,26,27)/t15-/m1/s1. The molecule has 2 aliphatic rings. The summed E-state index contributed by atoms with van der Waals surface area (Å²) >= 11 is 0. The average molecular weight is 461 g/mol. The molecular formula is C24H32N2O5S. The van der Waals surface area contributed by atoms with Crippen LogP contribution in [0.4, 0.5) is 10.5 Å². The van der Waals surface area contributed by atoms with Gasteiger partial charge in [0.1, 0.15) is 0 Å². The fraction of sp³-hybridized carbons (Fsp3) is 0.542. The van der Waals surface area contributed by atoms with Gasteiger partial charge in [0.25, 0.3) is 10.0 Å². The number of urea groups is 1. The number of aryl methyl sites for hydroxylation is 1. The average Bonchev–Trinajstić information content (AvgIpc) is 3.47. The molecule has 1 fully saturated rings. The third-order valence-corrected chi connectivity index (χ3v) is 8.12. The highest BCUT2D eigenvalue weighted by Crippen LogP contribution is 2.42. The lowest BCUT2D eigenvalue weighted by Crippen LogP contribution is -2.35. The SMILES string of the molecule is C[C@@H](c1ccc2c(c1NC(=O)NS(=O)(=O)c1cc(C(C)(C)O)co1)CCC2)C1CCCC1. The van der Waals surface area contributed by atoms with E-state index in [0.717, 1.165) is 36.1 Å². The number of hydrogen-bond donors (Lipinski definition) is 3. The molecule has 32 heavy (non-hydrogen) atoms. The number of carbonyl (C=O) groups is 1. The van der Waals surface area contributed by atoms with Crippen LogP contribution < -0.4 is 10.0 Å². The molecule has 1 saturated carbocycles. The second-order valence-electron chi connectivity index (χ2n) is 9.63. The van der Waals surface area contributed by atoms with Crippen molar-refractivity contribution in [3.05, 3.63) is 46.7 Å². The minimum atomic E-state index is -4.22. The van der Waals surface area contributed by atoms with Crippen LogP contribution in [-0.4, -0.2) is 19.6 Å². The molecular weight excluding hydrogens is 428 g/mol. The Bertz CT molecular complexity index is 1110. The molecule has 2 amide bonds. The normalized spacial score (nSPS) is 17.9. The largest absolute Gasteiger partial charge is 0.451 e. The van der Waals surface area contributed by atoms with Crippen molar-refractivity contribution in [2.45, 2.75) is 82.3 Å². The summed E-state index contributed by atoms with van der Waals surface area (Å²) in [5, 5.41) is 12.5. The van der Waals surface area contributed by atoms with Gasteiger partial charge in [-0.15, -0.1) is 0 Å². The topological polar surface area (TPSA) is 109 Å². The Kier molecular flexibility index (Phi) is 6.11. The van der Waals surface area contributed by atoms with E-state index in [4.69, 9.17) is 4.42 Å². The summed E-state index contributed by atoms with van der Waals surface area (Å²) < 4.78 is 32.6. The predicted molar refractivity (Wildman–Crippen MR) is 122 cm³/mol. The molecule has 2 aromatic rings. The second-order valence-corrected chi connectivity index (χ2v) is 11.2. The molecule has 2 aliphatic carbocycles. The summed E-state index contributed by atoms with van der Waals surface area (Å²) in [7, 11) is -4.22. The minimum Gasteiger partial charge on any atom is -0.451 e. The summed E-state index contributed by atoms with van der Waals surface area (Å²) in [6.45, 7) is 5.25. The lowest BCUT2D eigenvalue weighted by molar-refractivity contribution is 0.0779. The smallest absolute Gasteiger partial charge is 0.333 e. The number of anilines is 1. The first-order chi connectivity index (χ1) is 15.1. The molecule has 0 unspecified atom stereocenters. The van der Waals surface area contributed by atoms with E-state index in [1.807, 2.05) is 0 Å². The maximum Gasteiger partial charge on any atom is 0.333 e. The van der Waals surface area contributed by atoms with Crippen molar-refractivity contribution in [3.8, 4) is 0 Å². The van der Waals surface area contributed by atoms with Crippen molar-refractivity contribution in [2.24, 2.45) is 5.92 Å². The van der Waals surface area contributed by atoms with E-state index in [-0.39, 0.29) is 5.92 Å². The van der Waals surface area contributed by atoms with E-state index < -0.39 is 26.7 Å². The Morgan fingerprint density at radius 1 is 1.19 bits per heavy atom. The molecule has 7 nitrogen and oxygen atoms in total. The van der Waals surface area contributed by atoms with Gasteiger partial charge in [-0.3, -0.25) is 0 Å². The summed E-state index contributed by atoms with van der Waals surface area (Å²) in [4.78, 5) is 12.8. The van der Waals surface area contributed by atoms with Crippen LogP contribution in [0.15, 0.2) is 34.0 Å². The Balaban J connectivity index is 1.57. The number of carbonyl (C=O) groups excluding carboxylic acids is 1. The number of fused-ring (bicyclic) bond motifs is 1. The van der Waals surface area contributed by atoms with Gasteiger partial charge in [0.15, 0.2) is 0 Å². The first-order valence-corrected chi connectivity index (χ1v) is 12.8. The number of benzene rings is 1. The Labute approximate surface area is 189 Å². The van der Waals surface area contributed by atoms with E-state index in [0.29, 0.717) is 11.5 Å². The van der Waals surface area contributed by atoms with E-state index in [2.05, 4.69) is 29.1 Å². The summed E-state index contributed by atoms with van der Waals surface area (Å²) in [5.41, 5.74) is 3.21. The summed E-state index contributed by atoms with van der Waals surface area (Å²) in [5.74, 6) is 0.861. The molecule has 0 spiro atoms. The van der Waals surface area contributed by atoms with E-state index >= 15 is 0 Å². The number of hydrogen-bond acceptors (Lipinski definition) is 5. The van der Waals surface area contributed by atoms with Gasteiger partial charge in [0.2, 0.25) is 5.09 Å². The Hall–Kier alpha value is -2.32. The van der Waals surface area contributed by atoms with Gasteiger partial charge in [-0.25, -0.2) is 9.52 Å². The third kappa shape index (κ3) is 4.57. The quantitative estimate of drug-likeness (QED) is 0.574. The molecule has 0 bridgehead atoms. The third-order valence-electron chi connectivity index (χ3n) is 6.92. The summed E-state index contributed by atoms with van der Waals surface area (Å²) in [6, 6.07) is 4.67. The highest BCUT2D eigenvalue weighted by Gasteiger charge is 2.30. The van der Waals surface area contributed by atoms with Gasteiger partial charge < -0.3 is 14.8 Å². The van der Waals surface area contributed by atoms with Crippen LogP contribution in [0.1, 0.15) is 81.0 Å². The molecule has 1 aromatic carbocycles. The second kappa shape index (κ2) is 8.56. The fourth-order valence-electron chi connectivity index (χ4n) is 5.01. The molecule has 174 valence electrons. The summed E-state index contributed by atoms with van der Waals surface area (Å²) in [6.07, 6.45) is 8.87. The molecule has 3 N–H and O–H groups in total. The van der Waals surface area contributed by atoms with Crippen LogP contribution >= 0.6 is 0 Å². The highest BCUT2D eigenvalue weighted by molar-refractivity contribution is 7.89. The fourth-order valence-corrected chi connectivity index (χ4v) is 5.87. The molecule has 1 aromatic heterocycles. The molecule has 1 heterocycles. The number of rotatable bonds is 6. The van der Waals surface area contributed by atoms with Crippen LogP contribution in [-0.2, 0) is 28.5 Å². The number of amides is 2. The number of sulfonamides is 1. The van der Waals surface area contributed by atoms with E-state index in [9.17, 15) is 18.3 Å². The predicted octanol–water partition coefficient (Wildman–Crippen LogP) is 4.80. The van der Waals surface area contributed by atoms with Gasteiger partial charge >= 0.3 is 6.03 Å². The van der Waals surface area contributed by atoms with Crippen molar-refractivity contribution in [1.82, 2.24) is 4.72 Å². The maximum absolute atomic E-state index is 12.8. The van der Waals surface area contributed by atoms with Crippen LogP contribution in [0.2, 0.25) is 0 Å². The van der Waals surface area contributed by atoms with Crippen LogP contribution in [0.5, 0.6) is 0 Å². The van der Waals surface area contributed by atoms with E-state index in [1.165, 1.54) is 57.4 Å². The molecule has 0 saturated heterocycles. The van der Waals surface area contributed by atoms with Crippen molar-refractivity contribution in [1.29, 1.82) is 0 Å². The molecule has 1 atom stereocenters. The van der Waals surface area contributed by atoms with Crippen molar-refractivity contribution in [3.63, 3.8) is 0 Å². The van der Waals surface area contributed by atoms with Crippen molar-refractivity contribution in [2.75, 3.05) is 5.32 Å². The van der Waals surface area contributed by atoms with E-state index in [1.54, 1.807) is 0 Å². The molecule has 0 radical (unpaired) electrons. The minimum absolute atomic E-state index is 0.287. The van der Waals surface area contributed by atoms with Gasteiger partial charge in [-0.2, -0.15) is 8.42 Å². The molecule has 4 rings (SSSR count). The number of nitrogens with one attached hydrogen (secondary N) is 2. The lowest BCUT2D eigenvalue weighted by atomic mass is 9.84. The Morgan fingerprint density at radius 2 is 1.91 bits per heavy atom. The lowest BCUT2D eigenvalue weighted by Gasteiger charge is -2.24. The van der Waals surface area contributed by atoms with Gasteiger partial charge in [0.05, 0.1) is 11.9 Å². The van der Waals surface area contributed by atoms with Gasteiger partial charge in [0, 0.05) is 17.3 Å². The van der Waals surface area contributed by atoms with Crippen LogP contribution in [0.3, 0.4) is 0 Å². The number of aliphatic hydroxyl groups is 1. The maximum atomic E-state index is 12.8. The highest BCUT2D eigenvalue weighted by atomic mass is 32.2. The van der Waals surface area contributed by atoms with Crippen LogP contribution in [0, 0.1) is 5.92 Å². The van der Waals surface area contributed by atoms with Crippen molar-refractivity contribution < 1.29 is 22.7 Å². The van der Waals surface area contributed by atoms with Gasteiger partial charge in [-0.05, 0) is 74.5 Å².